The van der Waals surface area contributed by atoms with Gasteiger partial charge in [0.1, 0.15) is 0 Å². The maximum absolute atomic E-state index is 6.54. The lowest BCUT2D eigenvalue weighted by Crippen LogP contribution is -1.96. The van der Waals surface area contributed by atoms with Crippen molar-refractivity contribution in [2.24, 2.45) is 0 Å². The van der Waals surface area contributed by atoms with Gasteiger partial charge in [-0.3, -0.25) is 0 Å². The van der Waals surface area contributed by atoms with E-state index in [4.69, 9.17) is 11.6 Å². The van der Waals surface area contributed by atoms with Gasteiger partial charge in [0.15, 0.2) is 0 Å². The van der Waals surface area contributed by atoms with Crippen LogP contribution in [0.1, 0.15) is 16.5 Å². The van der Waals surface area contributed by atoms with Crippen molar-refractivity contribution in [3.63, 3.8) is 0 Å². The van der Waals surface area contributed by atoms with Crippen molar-refractivity contribution in [3.05, 3.63) is 81.4 Å². The fourth-order valence-corrected chi connectivity index (χ4v) is 3.05. The zero-order chi connectivity index (χ0) is 13.9. The van der Waals surface area contributed by atoms with Crippen LogP contribution in [-0.4, -0.2) is 0 Å². The molecule has 0 bridgehead atoms. The topological polar surface area (TPSA) is 0 Å². The van der Waals surface area contributed by atoms with E-state index in [1.165, 1.54) is 25.5 Å². The van der Waals surface area contributed by atoms with Crippen LogP contribution in [0.2, 0.25) is 0 Å². The van der Waals surface area contributed by atoms with E-state index in [1.807, 2.05) is 0 Å². The van der Waals surface area contributed by atoms with E-state index < -0.39 is 0 Å². The first-order valence-corrected chi connectivity index (χ1v) is 8.11. The van der Waals surface area contributed by atoms with Gasteiger partial charge >= 0.3 is 0 Å². The summed E-state index contributed by atoms with van der Waals surface area (Å²) in [5, 5.41) is 2.57. The molecule has 0 radical (unpaired) electrons. The lowest BCUT2D eigenvalue weighted by atomic mass is 10.0. The van der Waals surface area contributed by atoms with Gasteiger partial charge in [0.2, 0.25) is 0 Å². The van der Waals surface area contributed by atoms with Crippen molar-refractivity contribution in [1.29, 1.82) is 0 Å². The Hall–Kier alpha value is -1.06. The molecule has 0 nitrogen and oxygen atoms in total. The van der Waals surface area contributed by atoms with E-state index in [0.29, 0.717) is 0 Å². The molecule has 3 aromatic rings. The summed E-state index contributed by atoms with van der Waals surface area (Å²) in [5.74, 6) is 0. The Balaban J connectivity index is 1.83. The van der Waals surface area contributed by atoms with Crippen LogP contribution >= 0.6 is 34.2 Å². The van der Waals surface area contributed by atoms with Gasteiger partial charge in [-0.05, 0) is 63.0 Å². The van der Waals surface area contributed by atoms with Crippen molar-refractivity contribution in [2.75, 3.05) is 0 Å². The molecule has 2 heteroatoms. The first-order chi connectivity index (χ1) is 9.72. The molecule has 3 aromatic carbocycles. The molecule has 3 rings (SSSR count). The molecule has 0 heterocycles. The average molecular weight is 393 g/mol. The van der Waals surface area contributed by atoms with Crippen LogP contribution in [0.15, 0.2) is 66.7 Å². The van der Waals surface area contributed by atoms with Crippen LogP contribution < -0.4 is 0 Å². The third kappa shape index (κ3) is 3.15. The average Bonchev–Trinajstić information content (AvgIpc) is 2.48. The van der Waals surface area contributed by atoms with Gasteiger partial charge in [-0.1, -0.05) is 54.6 Å². The van der Waals surface area contributed by atoms with Gasteiger partial charge in [-0.2, -0.15) is 0 Å². The highest BCUT2D eigenvalue weighted by molar-refractivity contribution is 14.1. The minimum Gasteiger partial charge on any atom is -0.117 e. The van der Waals surface area contributed by atoms with Gasteiger partial charge in [0.25, 0.3) is 0 Å². The van der Waals surface area contributed by atoms with Crippen LogP contribution in [0.4, 0.5) is 0 Å². The summed E-state index contributed by atoms with van der Waals surface area (Å²) in [7, 11) is 0. The molecule has 0 N–H and O–H groups in total. The third-order valence-corrected chi connectivity index (χ3v) is 4.59. The quantitative estimate of drug-likeness (QED) is 0.381. The lowest BCUT2D eigenvalue weighted by Gasteiger charge is -2.11. The van der Waals surface area contributed by atoms with Gasteiger partial charge in [-0.25, -0.2) is 0 Å². The fourth-order valence-electron chi connectivity index (χ4n) is 2.36. The second-order valence-electron chi connectivity index (χ2n) is 4.90. The molecule has 0 aliphatic rings. The summed E-state index contributed by atoms with van der Waals surface area (Å²) in [6.07, 6.45) is 0.854. The Morgan fingerprint density at radius 2 is 1.55 bits per heavy atom. The number of benzene rings is 3. The van der Waals surface area contributed by atoms with Crippen molar-refractivity contribution >= 4 is 45.0 Å². The minimum absolute atomic E-state index is 0.0214. The molecular weight excluding hydrogens is 379 g/mol. The highest BCUT2D eigenvalue weighted by Crippen LogP contribution is 2.27. The van der Waals surface area contributed by atoms with Crippen LogP contribution in [0.3, 0.4) is 0 Å². The van der Waals surface area contributed by atoms with Gasteiger partial charge in [0, 0.05) is 3.57 Å². The molecular formula is C18H14ClI. The van der Waals surface area contributed by atoms with Crippen molar-refractivity contribution < 1.29 is 0 Å². The van der Waals surface area contributed by atoms with Gasteiger partial charge in [0.05, 0.1) is 5.38 Å². The molecule has 1 unspecified atom stereocenters. The summed E-state index contributed by atoms with van der Waals surface area (Å²) in [6.45, 7) is 0. The predicted octanol–water partition coefficient (Wildman–Crippen LogP) is 5.97. The smallest absolute Gasteiger partial charge is 0.0625 e. The molecule has 0 saturated heterocycles. The molecule has 100 valence electrons. The van der Waals surface area contributed by atoms with E-state index in [9.17, 15) is 0 Å². The Morgan fingerprint density at radius 1 is 0.850 bits per heavy atom. The Labute approximate surface area is 137 Å². The van der Waals surface area contributed by atoms with Crippen LogP contribution in [0, 0.1) is 3.57 Å². The van der Waals surface area contributed by atoms with Crippen molar-refractivity contribution in [1.82, 2.24) is 0 Å². The summed E-state index contributed by atoms with van der Waals surface area (Å²) in [6, 6.07) is 23.4. The molecule has 0 saturated carbocycles. The van der Waals surface area contributed by atoms with Crippen molar-refractivity contribution in [2.45, 2.75) is 11.8 Å². The first kappa shape index (κ1) is 13.9. The highest BCUT2D eigenvalue weighted by atomic mass is 127. The van der Waals surface area contributed by atoms with Crippen LogP contribution in [0.25, 0.3) is 10.8 Å². The minimum atomic E-state index is 0.0214. The molecule has 0 aliphatic carbocycles. The molecule has 0 fully saturated rings. The van der Waals surface area contributed by atoms with E-state index in [2.05, 4.69) is 89.3 Å². The molecule has 20 heavy (non-hydrogen) atoms. The van der Waals surface area contributed by atoms with E-state index in [1.54, 1.807) is 0 Å². The highest BCUT2D eigenvalue weighted by Gasteiger charge is 2.09. The maximum atomic E-state index is 6.54. The molecule has 1 atom stereocenters. The number of hydrogen-bond acceptors (Lipinski definition) is 0. The number of fused-ring (bicyclic) bond motifs is 1. The number of rotatable bonds is 3. The Bertz CT molecular complexity index is 719. The predicted molar refractivity (Wildman–Crippen MR) is 95.4 cm³/mol. The number of hydrogen-bond donors (Lipinski definition) is 0. The van der Waals surface area contributed by atoms with E-state index in [-0.39, 0.29) is 5.38 Å². The van der Waals surface area contributed by atoms with Gasteiger partial charge < -0.3 is 0 Å². The molecule has 0 aromatic heterocycles. The third-order valence-electron chi connectivity index (χ3n) is 3.46. The van der Waals surface area contributed by atoms with E-state index >= 15 is 0 Å². The molecule has 0 aliphatic heterocycles. The second-order valence-corrected chi connectivity index (χ2v) is 6.68. The van der Waals surface area contributed by atoms with Crippen LogP contribution in [-0.2, 0) is 6.42 Å². The Kier molecular flexibility index (Phi) is 4.27. The van der Waals surface area contributed by atoms with Gasteiger partial charge in [-0.15, -0.1) is 11.6 Å². The first-order valence-electron chi connectivity index (χ1n) is 6.59. The SMILES string of the molecule is ClC(Cc1ccc2ccccc2c1)c1ccc(I)cc1. The fraction of sp³-hybridized carbons (Fsp3) is 0.111. The Morgan fingerprint density at radius 3 is 2.30 bits per heavy atom. The number of alkyl halides is 1. The summed E-state index contributed by atoms with van der Waals surface area (Å²) in [5.41, 5.74) is 2.46. The monoisotopic (exact) mass is 392 g/mol. The zero-order valence-electron chi connectivity index (χ0n) is 10.9. The molecule has 0 spiro atoms. The summed E-state index contributed by atoms with van der Waals surface area (Å²) < 4.78 is 1.24. The largest absolute Gasteiger partial charge is 0.117 e. The second kappa shape index (κ2) is 6.15. The standard InChI is InChI=1S/C18H14ClI/c19-18(15-7-9-17(20)10-8-15)12-13-5-6-14-3-1-2-4-16(14)11-13/h1-11,18H,12H2. The zero-order valence-corrected chi connectivity index (χ0v) is 13.8. The molecule has 0 amide bonds. The van der Waals surface area contributed by atoms with Crippen molar-refractivity contribution in [3.8, 4) is 0 Å². The number of halogens is 2. The normalized spacial score (nSPS) is 12.5. The lowest BCUT2D eigenvalue weighted by molar-refractivity contribution is 0.921. The van der Waals surface area contributed by atoms with Crippen LogP contribution in [0.5, 0.6) is 0 Å². The summed E-state index contributed by atoms with van der Waals surface area (Å²) in [4.78, 5) is 0. The summed E-state index contributed by atoms with van der Waals surface area (Å²) >= 11 is 8.85. The maximum Gasteiger partial charge on any atom is 0.0625 e. The van der Waals surface area contributed by atoms with E-state index in [0.717, 1.165) is 6.42 Å².